The number of aliphatic hydroxyl groups is 1. The second kappa shape index (κ2) is 17.8. The van der Waals surface area contributed by atoms with Crippen molar-refractivity contribution in [2.75, 3.05) is 12.3 Å². The predicted molar refractivity (Wildman–Crippen MR) is 173 cm³/mol. The first-order valence-electron chi connectivity index (χ1n) is 15.6. The number of H-pyrrole nitrogens is 1. The molecule has 1 fully saturated rings. The Hall–Kier alpha value is -3.34. The molecule has 248 valence electrons. The lowest BCUT2D eigenvalue weighted by molar-refractivity contribution is -0.258. The van der Waals surface area contributed by atoms with E-state index in [2.05, 4.69) is 54.8 Å². The largest absolute Gasteiger partial charge is 0.493 e. The molecule has 0 spiro atoms. The Morgan fingerprint density at radius 1 is 1.14 bits per heavy atom. The number of rotatable bonds is 7. The number of amides is 1. The first-order chi connectivity index (χ1) is 20.7. The standard InChI is InChI=1S/C17H20N4O.C11H18F3NO2.C3H8.C2H6/c1-3-7-22-15-6-5-12(8-11(15)4-2)13-9-14-16(19-10-13)21-17(18)20-14;1-7-4-5-9(15(7)8(2)16)6-10(3,17)11(12,13)14;1-3-2;1-2/h5-6,8-10H,3-4,7H2,1-2H3,(H3,18,19,20,21);7,9,17H,4-6H2,1-3H3;3H2,1-2H3;1-2H3. The fourth-order valence-electron chi connectivity index (χ4n) is 4.88. The van der Waals surface area contributed by atoms with Gasteiger partial charge in [0.25, 0.3) is 0 Å². The van der Waals surface area contributed by atoms with Crippen LogP contribution in [0.1, 0.15) is 100.0 Å². The number of nitrogens with two attached hydrogens (primary N) is 1. The molecule has 0 saturated carbocycles. The highest BCUT2D eigenvalue weighted by Crippen LogP contribution is 2.38. The maximum atomic E-state index is 12.6. The molecule has 0 aliphatic carbocycles. The first kappa shape index (κ1) is 38.7. The third kappa shape index (κ3) is 10.7. The molecule has 1 aromatic carbocycles. The average Bonchev–Trinajstić information content (AvgIpc) is 3.52. The summed E-state index contributed by atoms with van der Waals surface area (Å²) in [7, 11) is 0. The van der Waals surface area contributed by atoms with Gasteiger partial charge in [0.1, 0.15) is 5.75 Å². The van der Waals surface area contributed by atoms with Crippen LogP contribution < -0.4 is 10.5 Å². The maximum Gasteiger partial charge on any atom is 0.416 e. The van der Waals surface area contributed by atoms with E-state index in [9.17, 15) is 23.1 Å². The van der Waals surface area contributed by atoms with Crippen molar-refractivity contribution in [2.45, 2.75) is 125 Å². The summed E-state index contributed by atoms with van der Waals surface area (Å²) >= 11 is 0. The van der Waals surface area contributed by atoms with Crippen molar-refractivity contribution in [2.24, 2.45) is 0 Å². The summed E-state index contributed by atoms with van der Waals surface area (Å²) in [5.41, 5.74) is 7.77. The second-order valence-corrected chi connectivity index (χ2v) is 10.9. The summed E-state index contributed by atoms with van der Waals surface area (Å²) in [5.74, 6) is 1.11. The fourth-order valence-corrected chi connectivity index (χ4v) is 4.88. The van der Waals surface area contributed by atoms with Crippen LogP contribution in [0, 0.1) is 0 Å². The number of nitrogens with zero attached hydrogens (tertiary/aromatic N) is 3. The number of alkyl halides is 3. The van der Waals surface area contributed by atoms with Gasteiger partial charge in [0, 0.05) is 37.2 Å². The molecule has 3 atom stereocenters. The third-order valence-electron chi connectivity index (χ3n) is 6.99. The number of imidazole rings is 1. The zero-order chi connectivity index (χ0) is 33.7. The number of benzene rings is 1. The molecule has 3 aromatic rings. The number of likely N-dealkylation sites (tertiary alicyclic amines) is 1. The highest BCUT2D eigenvalue weighted by molar-refractivity contribution is 5.79. The molecule has 3 unspecified atom stereocenters. The highest BCUT2D eigenvalue weighted by atomic mass is 19.4. The van der Waals surface area contributed by atoms with Crippen LogP contribution >= 0.6 is 0 Å². The van der Waals surface area contributed by atoms with Gasteiger partial charge >= 0.3 is 6.18 Å². The van der Waals surface area contributed by atoms with Crippen LogP contribution in [0.5, 0.6) is 5.75 Å². The molecule has 3 heterocycles. The van der Waals surface area contributed by atoms with E-state index in [1.807, 2.05) is 39.1 Å². The Bertz CT molecular complexity index is 1290. The number of fused-ring (bicyclic) bond motifs is 1. The molecule has 4 N–H and O–H groups in total. The minimum absolute atomic E-state index is 0.0541. The molecular weight excluding hydrogens is 571 g/mol. The van der Waals surface area contributed by atoms with Crippen molar-refractivity contribution in [1.82, 2.24) is 19.9 Å². The summed E-state index contributed by atoms with van der Waals surface area (Å²) < 4.78 is 43.5. The van der Waals surface area contributed by atoms with Crippen LogP contribution in [-0.2, 0) is 11.2 Å². The number of nitrogens with one attached hydrogen (secondary N) is 1. The Morgan fingerprint density at radius 3 is 2.32 bits per heavy atom. The summed E-state index contributed by atoms with van der Waals surface area (Å²) in [4.78, 5) is 24.3. The summed E-state index contributed by atoms with van der Waals surface area (Å²) in [6.45, 7) is 17.1. The number of carbonyl (C=O) groups excluding carboxylic acids is 1. The molecule has 44 heavy (non-hydrogen) atoms. The molecule has 1 aliphatic heterocycles. The highest BCUT2D eigenvalue weighted by Gasteiger charge is 2.52. The van der Waals surface area contributed by atoms with E-state index in [0.29, 0.717) is 24.4 Å². The molecule has 1 aliphatic rings. The van der Waals surface area contributed by atoms with E-state index >= 15 is 0 Å². The summed E-state index contributed by atoms with van der Waals surface area (Å²) in [5, 5.41) is 9.43. The van der Waals surface area contributed by atoms with Crippen molar-refractivity contribution in [3.63, 3.8) is 0 Å². The molecule has 0 bridgehead atoms. The van der Waals surface area contributed by atoms with E-state index in [0.717, 1.165) is 48.8 Å². The van der Waals surface area contributed by atoms with Crippen LogP contribution in [0.3, 0.4) is 0 Å². The Kier molecular flexibility index (Phi) is 15.7. The van der Waals surface area contributed by atoms with Crippen molar-refractivity contribution in [1.29, 1.82) is 0 Å². The van der Waals surface area contributed by atoms with Crippen LogP contribution in [0.4, 0.5) is 19.1 Å². The molecule has 11 heteroatoms. The second-order valence-electron chi connectivity index (χ2n) is 10.9. The number of nitrogen functional groups attached to an aromatic ring is 1. The van der Waals surface area contributed by atoms with E-state index in [4.69, 9.17) is 10.5 Å². The normalized spacial score (nSPS) is 17.3. The minimum Gasteiger partial charge on any atom is -0.493 e. The fraction of sp³-hybridized carbons (Fsp3) is 0.606. The number of pyridine rings is 1. The van der Waals surface area contributed by atoms with Crippen LogP contribution in [0.2, 0.25) is 0 Å². The lowest BCUT2D eigenvalue weighted by atomic mass is 9.95. The molecule has 4 rings (SSSR count). The topological polar surface area (TPSA) is 117 Å². The Balaban J connectivity index is 0.000000394. The third-order valence-corrected chi connectivity index (χ3v) is 6.99. The zero-order valence-electron chi connectivity index (χ0n) is 27.8. The van der Waals surface area contributed by atoms with Gasteiger partial charge in [-0.25, -0.2) is 4.98 Å². The van der Waals surface area contributed by atoms with Gasteiger partial charge in [-0.2, -0.15) is 18.2 Å². The first-order valence-corrected chi connectivity index (χ1v) is 15.6. The number of hydrogen-bond acceptors (Lipinski definition) is 6. The average molecular weight is 624 g/mol. The molecule has 1 saturated heterocycles. The van der Waals surface area contributed by atoms with Gasteiger partial charge in [-0.05, 0) is 68.9 Å². The van der Waals surface area contributed by atoms with E-state index < -0.39 is 24.2 Å². The number of halogens is 3. The van der Waals surface area contributed by atoms with Gasteiger partial charge in [0.2, 0.25) is 5.91 Å². The van der Waals surface area contributed by atoms with Crippen molar-refractivity contribution in [3.8, 4) is 16.9 Å². The van der Waals surface area contributed by atoms with Gasteiger partial charge < -0.3 is 25.5 Å². The Labute approximate surface area is 260 Å². The predicted octanol–water partition coefficient (Wildman–Crippen LogP) is 8.09. The zero-order valence-corrected chi connectivity index (χ0v) is 27.8. The monoisotopic (exact) mass is 623 g/mol. The van der Waals surface area contributed by atoms with Crippen molar-refractivity contribution in [3.05, 3.63) is 36.0 Å². The van der Waals surface area contributed by atoms with Crippen molar-refractivity contribution >= 4 is 23.0 Å². The molecule has 0 radical (unpaired) electrons. The quantitative estimate of drug-likeness (QED) is 0.245. The van der Waals surface area contributed by atoms with Gasteiger partial charge in [0.15, 0.2) is 17.2 Å². The van der Waals surface area contributed by atoms with Crippen LogP contribution in [0.25, 0.3) is 22.3 Å². The van der Waals surface area contributed by atoms with Crippen molar-refractivity contribution < 1.29 is 27.8 Å². The number of aryl methyl sites for hydroxylation is 1. The van der Waals surface area contributed by atoms with Gasteiger partial charge in [-0.3, -0.25) is 4.79 Å². The Morgan fingerprint density at radius 2 is 1.77 bits per heavy atom. The molecule has 1 amide bonds. The van der Waals surface area contributed by atoms with E-state index in [1.165, 1.54) is 23.8 Å². The van der Waals surface area contributed by atoms with E-state index in [-0.39, 0.29) is 11.9 Å². The summed E-state index contributed by atoms with van der Waals surface area (Å²) in [6.07, 6.45) is 1.07. The van der Waals surface area contributed by atoms with Gasteiger partial charge in [-0.15, -0.1) is 0 Å². The van der Waals surface area contributed by atoms with Gasteiger partial charge in [-0.1, -0.05) is 54.0 Å². The van der Waals surface area contributed by atoms with Gasteiger partial charge in [0.05, 0.1) is 12.1 Å². The number of hydrogen-bond donors (Lipinski definition) is 3. The lowest BCUT2D eigenvalue weighted by Gasteiger charge is -2.34. The number of anilines is 1. The number of ether oxygens (including phenoxy) is 1. The number of aromatic amines is 1. The SMILES string of the molecule is CC.CC(=O)N1C(C)CCC1CC(C)(O)C(F)(F)F.CCC.CCCOc1ccc(-c2cnc3nc(N)[nH]c3c2)cc1CC. The van der Waals surface area contributed by atoms with Crippen LogP contribution in [-0.4, -0.2) is 61.3 Å². The molecule has 2 aromatic heterocycles. The molecular formula is C33H52F3N5O3. The minimum atomic E-state index is -4.67. The van der Waals surface area contributed by atoms with Crippen LogP contribution in [0.15, 0.2) is 30.5 Å². The lowest BCUT2D eigenvalue weighted by Crippen LogP contribution is -2.49. The summed E-state index contributed by atoms with van der Waals surface area (Å²) in [6, 6.07) is 7.70. The van der Waals surface area contributed by atoms with E-state index in [1.54, 1.807) is 0 Å². The molecule has 8 nitrogen and oxygen atoms in total. The maximum absolute atomic E-state index is 12.6. The smallest absolute Gasteiger partial charge is 0.416 e. The number of carbonyl (C=O) groups is 1. The number of aromatic nitrogens is 3.